The number of nitrogens with zero attached hydrogens (tertiary/aromatic N) is 3. The quantitative estimate of drug-likeness (QED) is 0.0781. The van der Waals surface area contributed by atoms with Crippen molar-refractivity contribution in [1.82, 2.24) is 0 Å². The first-order valence-electron chi connectivity index (χ1n) is 10.1. The molecule has 0 aromatic carbocycles. The molecule has 0 spiro atoms. The summed E-state index contributed by atoms with van der Waals surface area (Å²) in [6.07, 6.45) is -17.5. The second-order valence-corrected chi connectivity index (χ2v) is 7.74. The lowest BCUT2D eigenvalue weighted by Gasteiger charge is -2.47. The van der Waals surface area contributed by atoms with Gasteiger partial charge in [-0.25, -0.2) is 0 Å². The van der Waals surface area contributed by atoms with E-state index < -0.39 is 91.8 Å². The van der Waals surface area contributed by atoms with E-state index in [0.29, 0.717) is 0 Å². The summed E-state index contributed by atoms with van der Waals surface area (Å²) in [5.74, 6) is -2.45. The van der Waals surface area contributed by atoms with Gasteiger partial charge in [0.15, 0.2) is 18.5 Å². The van der Waals surface area contributed by atoms with Crippen LogP contribution < -0.4 is 0 Å². The zero-order valence-corrected chi connectivity index (χ0v) is 18.4. The minimum Gasteiger partial charge on any atom is -0.463 e. The van der Waals surface area contributed by atoms with Crippen molar-refractivity contribution in [3.63, 3.8) is 0 Å². The number of carbonyl (C=O) groups is 3. The third-order valence-electron chi connectivity index (χ3n) is 5.22. The summed E-state index contributed by atoms with van der Waals surface area (Å²) < 4.78 is 26.4. The van der Waals surface area contributed by atoms with Crippen LogP contribution in [0.4, 0.5) is 0 Å². The summed E-state index contributed by atoms with van der Waals surface area (Å²) in [4.78, 5) is 37.4. The molecule has 34 heavy (non-hydrogen) atoms. The van der Waals surface area contributed by atoms with Crippen LogP contribution in [-0.4, -0.2) is 117 Å². The number of rotatable bonds is 7. The van der Waals surface area contributed by atoms with E-state index in [-0.39, 0.29) is 0 Å². The summed E-state index contributed by atoms with van der Waals surface area (Å²) in [6, 6.07) is -1.58. The maximum absolute atomic E-state index is 11.8. The molecule has 1 aliphatic heterocycles. The van der Waals surface area contributed by atoms with E-state index in [1.165, 1.54) is 0 Å². The molecule has 0 amide bonds. The van der Waals surface area contributed by atoms with Gasteiger partial charge in [-0.3, -0.25) is 14.4 Å². The number of azide groups is 1. The Morgan fingerprint density at radius 3 is 1.79 bits per heavy atom. The molecule has 0 aromatic rings. The van der Waals surface area contributed by atoms with E-state index in [2.05, 4.69) is 10.0 Å². The fourth-order valence-corrected chi connectivity index (χ4v) is 3.69. The van der Waals surface area contributed by atoms with Gasteiger partial charge in [0, 0.05) is 25.7 Å². The van der Waals surface area contributed by atoms with Crippen LogP contribution in [-0.2, 0) is 38.1 Å². The Labute approximate surface area is 192 Å². The van der Waals surface area contributed by atoms with Crippen LogP contribution in [0.3, 0.4) is 0 Å². The van der Waals surface area contributed by atoms with Crippen molar-refractivity contribution >= 4 is 17.9 Å². The smallest absolute Gasteiger partial charge is 0.303 e. The first-order valence-corrected chi connectivity index (χ1v) is 10.1. The van der Waals surface area contributed by atoms with Crippen molar-refractivity contribution in [2.24, 2.45) is 5.11 Å². The van der Waals surface area contributed by atoms with Crippen LogP contribution in [0.5, 0.6) is 0 Å². The largest absolute Gasteiger partial charge is 0.463 e. The second kappa shape index (κ2) is 11.7. The molecule has 5 N–H and O–H groups in total. The molecule has 2 aliphatic rings. The van der Waals surface area contributed by atoms with Gasteiger partial charge in [-0.1, -0.05) is 5.11 Å². The van der Waals surface area contributed by atoms with Crippen LogP contribution in [0, 0.1) is 0 Å². The summed E-state index contributed by atoms with van der Waals surface area (Å²) >= 11 is 0. The molecule has 0 aromatic heterocycles. The normalized spacial score (nSPS) is 39.9. The fraction of sp³-hybridized carbons (Fsp3) is 0.833. The molecule has 0 radical (unpaired) electrons. The molecular weight excluding hydrogens is 466 g/mol. The number of aliphatic hydroxyl groups excluding tert-OH is 5. The average molecular weight is 493 g/mol. The lowest BCUT2D eigenvalue weighted by Crippen LogP contribution is -2.67. The van der Waals surface area contributed by atoms with E-state index in [1.807, 2.05) is 0 Å². The number of aliphatic hydroxyl groups is 5. The number of carbonyl (C=O) groups excluding carboxylic acids is 3. The molecular formula is C18H27N3O13. The molecule has 2 unspecified atom stereocenters. The summed E-state index contributed by atoms with van der Waals surface area (Å²) in [5, 5.41) is 53.7. The van der Waals surface area contributed by atoms with Gasteiger partial charge in [-0.15, -0.1) is 0 Å². The molecule has 16 nitrogen and oxygen atoms in total. The maximum atomic E-state index is 11.8. The molecule has 1 heterocycles. The van der Waals surface area contributed by atoms with Gasteiger partial charge in [-0.2, -0.15) is 0 Å². The SMILES string of the molecule is CC(=O)OC[C@H]1O[C@H](OC2[C@@H](O)[C@H](O)C(O)[C@@H](O)[C@H]2O)[C@H](N=[N+]=[N-])[C@@H](OC(C)=O)[C@H]1OC(C)=O. The Balaban J connectivity index is 2.45. The Kier molecular flexibility index (Phi) is 9.54. The Bertz CT molecular complexity index is 790. The van der Waals surface area contributed by atoms with Crippen LogP contribution in [0.15, 0.2) is 5.11 Å². The van der Waals surface area contributed by atoms with Crippen molar-refractivity contribution in [2.75, 3.05) is 6.61 Å². The van der Waals surface area contributed by atoms with Gasteiger partial charge in [0.2, 0.25) is 0 Å². The van der Waals surface area contributed by atoms with Gasteiger partial charge < -0.3 is 49.2 Å². The molecule has 1 saturated carbocycles. The number of esters is 3. The summed E-state index contributed by atoms with van der Waals surface area (Å²) in [6.45, 7) is 2.62. The highest BCUT2D eigenvalue weighted by Gasteiger charge is 2.55. The van der Waals surface area contributed by atoms with E-state index in [4.69, 9.17) is 29.2 Å². The minimum absolute atomic E-state index is 0.534. The lowest BCUT2D eigenvalue weighted by atomic mass is 9.84. The monoisotopic (exact) mass is 493 g/mol. The zero-order chi connectivity index (χ0) is 25.7. The molecule has 0 bridgehead atoms. The van der Waals surface area contributed by atoms with E-state index in [1.54, 1.807) is 0 Å². The third kappa shape index (κ3) is 6.31. The molecule has 192 valence electrons. The predicted molar refractivity (Wildman–Crippen MR) is 104 cm³/mol. The van der Waals surface area contributed by atoms with Crippen molar-refractivity contribution in [2.45, 2.75) is 88.0 Å². The fourth-order valence-electron chi connectivity index (χ4n) is 3.69. The van der Waals surface area contributed by atoms with E-state index >= 15 is 0 Å². The Morgan fingerprint density at radius 1 is 0.824 bits per heavy atom. The molecule has 16 heteroatoms. The summed E-state index contributed by atoms with van der Waals surface area (Å²) in [5.41, 5.74) is 9.04. The topological polar surface area (TPSA) is 247 Å². The highest BCUT2D eigenvalue weighted by Crippen LogP contribution is 2.33. The number of hydrogen-bond donors (Lipinski definition) is 5. The highest BCUT2D eigenvalue weighted by atomic mass is 16.7. The predicted octanol–water partition coefficient (Wildman–Crippen LogP) is -2.98. The zero-order valence-electron chi connectivity index (χ0n) is 18.4. The van der Waals surface area contributed by atoms with Crippen LogP contribution in [0.2, 0.25) is 0 Å². The van der Waals surface area contributed by atoms with Crippen LogP contribution >= 0.6 is 0 Å². The minimum atomic E-state index is -1.94. The van der Waals surface area contributed by atoms with Gasteiger partial charge in [0.1, 0.15) is 55.4 Å². The standard InChI is InChI=1S/C18H27N3O13/c1-5(22)30-4-8-15(31-6(2)23)16(32-7(3)24)9(20-21-19)18(33-8)34-17-13(28)11(26)10(25)12(27)14(17)29/h8-18,25-29H,4H2,1-3H3/t8-,9-,10?,11-,12-,13-,14+,15+,16-,17?,18-/m1/s1. The first-order chi connectivity index (χ1) is 15.9. The third-order valence-corrected chi connectivity index (χ3v) is 5.22. The van der Waals surface area contributed by atoms with E-state index in [0.717, 1.165) is 20.8 Å². The molecule has 2 fully saturated rings. The second-order valence-electron chi connectivity index (χ2n) is 7.74. The Hall–Kier alpha value is -2.56. The van der Waals surface area contributed by atoms with Gasteiger partial charge in [-0.05, 0) is 5.53 Å². The van der Waals surface area contributed by atoms with Gasteiger partial charge >= 0.3 is 17.9 Å². The number of hydrogen-bond acceptors (Lipinski definition) is 14. The first kappa shape index (κ1) is 27.7. The number of ether oxygens (including phenoxy) is 5. The molecule has 1 saturated heterocycles. The maximum Gasteiger partial charge on any atom is 0.303 e. The van der Waals surface area contributed by atoms with Gasteiger partial charge in [0.25, 0.3) is 0 Å². The lowest BCUT2D eigenvalue weighted by molar-refractivity contribution is -0.318. The average Bonchev–Trinajstić information content (AvgIpc) is 2.75. The van der Waals surface area contributed by atoms with Crippen molar-refractivity contribution in [1.29, 1.82) is 0 Å². The summed E-state index contributed by atoms with van der Waals surface area (Å²) in [7, 11) is 0. The highest BCUT2D eigenvalue weighted by molar-refractivity contribution is 5.68. The van der Waals surface area contributed by atoms with Crippen LogP contribution in [0.25, 0.3) is 10.4 Å². The molecule has 1 aliphatic carbocycles. The van der Waals surface area contributed by atoms with Crippen molar-refractivity contribution in [3.05, 3.63) is 10.4 Å². The van der Waals surface area contributed by atoms with Crippen molar-refractivity contribution in [3.8, 4) is 0 Å². The van der Waals surface area contributed by atoms with Crippen molar-refractivity contribution < 1.29 is 63.6 Å². The van der Waals surface area contributed by atoms with Gasteiger partial charge in [0.05, 0.1) is 0 Å². The Morgan fingerprint density at radius 2 is 1.32 bits per heavy atom. The molecule has 11 atom stereocenters. The van der Waals surface area contributed by atoms with Crippen LogP contribution in [0.1, 0.15) is 20.8 Å². The van der Waals surface area contributed by atoms with E-state index in [9.17, 15) is 39.9 Å². The molecule has 2 rings (SSSR count).